The van der Waals surface area contributed by atoms with E-state index in [-0.39, 0.29) is 0 Å². The molecule has 3 rings (SSSR count). The Balaban J connectivity index is 1.73. The number of ether oxygens (including phenoxy) is 1. The first-order chi connectivity index (χ1) is 10.4. The smallest absolute Gasteiger partial charge is 0.0594 e. The molecule has 1 aliphatic heterocycles. The third-order valence-corrected chi connectivity index (χ3v) is 4.80. The van der Waals surface area contributed by atoms with Gasteiger partial charge in [0.1, 0.15) is 0 Å². The van der Waals surface area contributed by atoms with E-state index >= 15 is 0 Å². The zero-order valence-corrected chi connectivity index (χ0v) is 12.9. The van der Waals surface area contributed by atoms with Crippen LogP contribution in [-0.2, 0) is 4.74 Å². The molecule has 1 atom stereocenters. The molecule has 2 fully saturated rings. The second-order valence-corrected chi connectivity index (χ2v) is 6.29. The van der Waals surface area contributed by atoms with Gasteiger partial charge >= 0.3 is 0 Å². The Morgan fingerprint density at radius 2 is 1.71 bits per heavy atom. The van der Waals surface area contributed by atoms with Gasteiger partial charge in [0.05, 0.1) is 19.3 Å². The van der Waals surface area contributed by atoms with Crippen molar-refractivity contribution in [2.45, 2.75) is 38.1 Å². The molecule has 1 aliphatic carbocycles. The summed E-state index contributed by atoms with van der Waals surface area (Å²) in [4.78, 5) is 2.55. The van der Waals surface area contributed by atoms with Crippen molar-refractivity contribution in [1.29, 1.82) is 0 Å². The first-order valence-electron chi connectivity index (χ1n) is 8.48. The lowest BCUT2D eigenvalue weighted by Gasteiger charge is -2.33. The highest BCUT2D eigenvalue weighted by molar-refractivity contribution is 5.23. The standard InChI is InChI=1S/C19H27NO/c1-3-7-17(8-4-1)11-12-19(18-9-5-2-6-10-18)20-13-15-21-16-14-20/h2,5-6,9-12,17,19H,1,3-4,7-8,13-16H2. The Morgan fingerprint density at radius 3 is 2.43 bits per heavy atom. The number of allylic oxidation sites excluding steroid dienone is 1. The summed E-state index contributed by atoms with van der Waals surface area (Å²) in [5.41, 5.74) is 1.41. The monoisotopic (exact) mass is 285 g/mol. The van der Waals surface area contributed by atoms with Crippen molar-refractivity contribution in [3.8, 4) is 0 Å². The summed E-state index contributed by atoms with van der Waals surface area (Å²) in [5, 5.41) is 0. The van der Waals surface area contributed by atoms with Crippen LogP contribution in [0.25, 0.3) is 0 Å². The minimum atomic E-state index is 0.414. The molecule has 1 heterocycles. The van der Waals surface area contributed by atoms with E-state index in [1.165, 1.54) is 37.7 Å². The van der Waals surface area contributed by atoms with Gasteiger partial charge in [-0.2, -0.15) is 0 Å². The molecule has 0 amide bonds. The van der Waals surface area contributed by atoms with E-state index in [0.717, 1.165) is 32.2 Å². The third-order valence-electron chi connectivity index (χ3n) is 4.80. The lowest BCUT2D eigenvalue weighted by molar-refractivity contribution is 0.0252. The van der Waals surface area contributed by atoms with Gasteiger partial charge < -0.3 is 4.74 Å². The van der Waals surface area contributed by atoms with Crippen LogP contribution in [0.4, 0.5) is 0 Å². The number of morpholine rings is 1. The van der Waals surface area contributed by atoms with Crippen molar-refractivity contribution in [2.24, 2.45) is 5.92 Å². The normalized spacial score (nSPS) is 23.4. The highest BCUT2D eigenvalue weighted by Gasteiger charge is 2.20. The largest absolute Gasteiger partial charge is 0.379 e. The van der Waals surface area contributed by atoms with Crippen LogP contribution in [0.2, 0.25) is 0 Å². The Morgan fingerprint density at radius 1 is 1.00 bits per heavy atom. The first-order valence-corrected chi connectivity index (χ1v) is 8.48. The fourth-order valence-corrected chi connectivity index (χ4v) is 3.54. The van der Waals surface area contributed by atoms with Crippen molar-refractivity contribution in [1.82, 2.24) is 4.90 Å². The van der Waals surface area contributed by atoms with Gasteiger partial charge in [-0.05, 0) is 24.3 Å². The van der Waals surface area contributed by atoms with Gasteiger partial charge in [-0.15, -0.1) is 0 Å². The zero-order chi connectivity index (χ0) is 14.3. The number of hydrogen-bond acceptors (Lipinski definition) is 2. The second-order valence-electron chi connectivity index (χ2n) is 6.29. The van der Waals surface area contributed by atoms with E-state index in [9.17, 15) is 0 Å². The molecular formula is C19H27NO. The quantitative estimate of drug-likeness (QED) is 0.769. The zero-order valence-electron chi connectivity index (χ0n) is 12.9. The van der Waals surface area contributed by atoms with E-state index in [0.29, 0.717) is 6.04 Å². The number of hydrogen-bond donors (Lipinski definition) is 0. The highest BCUT2D eigenvalue weighted by atomic mass is 16.5. The molecule has 2 heteroatoms. The molecule has 2 aliphatic rings. The molecule has 0 bridgehead atoms. The first kappa shape index (κ1) is 14.8. The minimum absolute atomic E-state index is 0.414. The maximum atomic E-state index is 5.51. The molecule has 21 heavy (non-hydrogen) atoms. The summed E-state index contributed by atoms with van der Waals surface area (Å²) in [7, 11) is 0. The predicted octanol–water partition coefficient (Wildman–Crippen LogP) is 4.20. The van der Waals surface area contributed by atoms with Crippen molar-refractivity contribution >= 4 is 0 Å². The minimum Gasteiger partial charge on any atom is -0.379 e. The van der Waals surface area contributed by atoms with Crippen LogP contribution in [0.15, 0.2) is 42.5 Å². The molecule has 0 aromatic heterocycles. The van der Waals surface area contributed by atoms with Gasteiger partial charge in [-0.1, -0.05) is 61.7 Å². The molecule has 1 aromatic carbocycles. The Hall–Kier alpha value is -1.12. The highest BCUT2D eigenvalue weighted by Crippen LogP contribution is 2.28. The Kier molecular flexibility index (Phi) is 5.47. The molecule has 1 saturated heterocycles. The molecule has 1 aromatic rings. The van der Waals surface area contributed by atoms with Crippen LogP contribution in [-0.4, -0.2) is 31.2 Å². The van der Waals surface area contributed by atoms with Gasteiger partial charge in [-0.25, -0.2) is 0 Å². The molecule has 114 valence electrons. The number of nitrogens with zero attached hydrogens (tertiary/aromatic N) is 1. The maximum absolute atomic E-state index is 5.51. The Labute approximate surface area is 128 Å². The topological polar surface area (TPSA) is 12.5 Å². The summed E-state index contributed by atoms with van der Waals surface area (Å²) in [6.45, 7) is 3.80. The van der Waals surface area contributed by atoms with Crippen LogP contribution >= 0.6 is 0 Å². The van der Waals surface area contributed by atoms with Crippen molar-refractivity contribution in [3.63, 3.8) is 0 Å². The number of benzene rings is 1. The summed E-state index contributed by atoms with van der Waals surface area (Å²) >= 11 is 0. The van der Waals surface area contributed by atoms with Crippen molar-refractivity contribution in [2.75, 3.05) is 26.3 Å². The predicted molar refractivity (Wildman–Crippen MR) is 87.3 cm³/mol. The number of rotatable bonds is 4. The lowest BCUT2D eigenvalue weighted by atomic mass is 9.88. The van der Waals surface area contributed by atoms with Gasteiger partial charge in [0.25, 0.3) is 0 Å². The van der Waals surface area contributed by atoms with E-state index in [4.69, 9.17) is 4.74 Å². The van der Waals surface area contributed by atoms with E-state index in [1.807, 2.05) is 0 Å². The fourth-order valence-electron chi connectivity index (χ4n) is 3.54. The van der Waals surface area contributed by atoms with Gasteiger partial charge in [0.2, 0.25) is 0 Å². The van der Waals surface area contributed by atoms with Gasteiger partial charge in [-0.3, -0.25) is 4.90 Å². The summed E-state index contributed by atoms with van der Waals surface area (Å²) in [5.74, 6) is 0.797. The Bertz CT molecular complexity index is 430. The van der Waals surface area contributed by atoms with E-state index in [1.54, 1.807) is 0 Å². The molecule has 0 N–H and O–H groups in total. The fraction of sp³-hybridized carbons (Fsp3) is 0.579. The average Bonchev–Trinajstić information content (AvgIpc) is 2.58. The summed E-state index contributed by atoms with van der Waals surface area (Å²) < 4.78 is 5.51. The van der Waals surface area contributed by atoms with Crippen molar-refractivity contribution in [3.05, 3.63) is 48.0 Å². The SMILES string of the molecule is C(=CC(c1ccccc1)N1CCOCC1)C1CCCCC1. The molecule has 1 saturated carbocycles. The molecular weight excluding hydrogens is 258 g/mol. The van der Waals surface area contributed by atoms with Crippen LogP contribution in [0, 0.1) is 5.92 Å². The van der Waals surface area contributed by atoms with E-state index < -0.39 is 0 Å². The third kappa shape index (κ3) is 4.18. The summed E-state index contributed by atoms with van der Waals surface area (Å²) in [6, 6.07) is 11.3. The van der Waals surface area contributed by atoms with Crippen LogP contribution < -0.4 is 0 Å². The molecule has 2 nitrogen and oxygen atoms in total. The van der Waals surface area contributed by atoms with Gasteiger partial charge in [0, 0.05) is 13.1 Å². The second kappa shape index (κ2) is 7.77. The molecule has 1 unspecified atom stereocenters. The summed E-state index contributed by atoms with van der Waals surface area (Å²) in [6.07, 6.45) is 11.9. The van der Waals surface area contributed by atoms with Crippen LogP contribution in [0.1, 0.15) is 43.7 Å². The maximum Gasteiger partial charge on any atom is 0.0594 e. The van der Waals surface area contributed by atoms with Crippen molar-refractivity contribution < 1.29 is 4.74 Å². The van der Waals surface area contributed by atoms with E-state index in [2.05, 4.69) is 47.4 Å². The average molecular weight is 285 g/mol. The lowest BCUT2D eigenvalue weighted by Crippen LogP contribution is -2.38. The molecule has 0 spiro atoms. The van der Waals surface area contributed by atoms with Gasteiger partial charge in [0.15, 0.2) is 0 Å². The molecule has 0 radical (unpaired) electrons. The van der Waals surface area contributed by atoms with Crippen LogP contribution in [0.5, 0.6) is 0 Å². The van der Waals surface area contributed by atoms with Crippen LogP contribution in [0.3, 0.4) is 0 Å².